The fraction of sp³-hybridized carbons (Fsp3) is 0.429. The summed E-state index contributed by atoms with van der Waals surface area (Å²) < 4.78 is 0. The third kappa shape index (κ3) is 4.18. The van der Waals surface area contributed by atoms with E-state index in [4.69, 9.17) is 5.11 Å². The van der Waals surface area contributed by atoms with Crippen molar-refractivity contribution in [1.82, 2.24) is 0 Å². The number of benzene rings is 1. The molecule has 20 heavy (non-hydrogen) atoms. The van der Waals surface area contributed by atoms with Gasteiger partial charge in [0.05, 0.1) is 11.3 Å². The van der Waals surface area contributed by atoms with Crippen LogP contribution in [0.4, 0.5) is 5.69 Å². The van der Waals surface area contributed by atoms with Crippen LogP contribution in [0.2, 0.25) is 0 Å². The molecule has 1 saturated heterocycles. The van der Waals surface area contributed by atoms with Crippen LogP contribution >= 0.6 is 23.5 Å². The maximum atomic E-state index is 12.0. The smallest absolute Gasteiger partial charge is 0.337 e. The van der Waals surface area contributed by atoms with Gasteiger partial charge in [0, 0.05) is 28.9 Å². The molecule has 0 aliphatic carbocycles. The second-order valence-corrected chi connectivity index (χ2v) is 7.23. The molecule has 1 aromatic carbocycles. The lowest BCUT2D eigenvalue weighted by Gasteiger charge is -2.20. The average Bonchev–Trinajstić information content (AvgIpc) is 2.41. The topological polar surface area (TPSA) is 66.4 Å². The van der Waals surface area contributed by atoms with Crippen LogP contribution in [0.15, 0.2) is 18.2 Å². The minimum absolute atomic E-state index is 0.114. The Morgan fingerprint density at radius 2 is 2.20 bits per heavy atom. The summed E-state index contributed by atoms with van der Waals surface area (Å²) in [6.45, 7) is 1.83. The lowest BCUT2D eigenvalue weighted by Crippen LogP contribution is -2.23. The number of amides is 1. The van der Waals surface area contributed by atoms with Gasteiger partial charge in [-0.2, -0.15) is 23.5 Å². The normalized spacial score (nSPS) is 18.6. The summed E-state index contributed by atoms with van der Waals surface area (Å²) in [5.41, 5.74) is 1.38. The molecule has 0 bridgehead atoms. The molecule has 1 unspecified atom stereocenters. The molecule has 2 N–H and O–H groups in total. The van der Waals surface area contributed by atoms with Gasteiger partial charge in [-0.25, -0.2) is 4.79 Å². The van der Waals surface area contributed by atoms with Crippen molar-refractivity contribution in [1.29, 1.82) is 0 Å². The monoisotopic (exact) mass is 311 g/mol. The Kier molecular flexibility index (Phi) is 5.37. The van der Waals surface area contributed by atoms with Crippen LogP contribution in [-0.4, -0.2) is 39.5 Å². The van der Waals surface area contributed by atoms with Gasteiger partial charge in [0.15, 0.2) is 0 Å². The summed E-state index contributed by atoms with van der Waals surface area (Å²) >= 11 is 3.68. The standard InChI is InChI=1S/C14H17NO3S2/c1-9-2-3-12(11(6-9)14(17)18)15-13(16)7-10-8-19-4-5-20-10/h2-3,6,10H,4-5,7-8H2,1H3,(H,15,16)(H,17,18). The Bertz CT molecular complexity index is 513. The van der Waals surface area contributed by atoms with Crippen LogP contribution < -0.4 is 5.32 Å². The van der Waals surface area contributed by atoms with Gasteiger partial charge in [0.25, 0.3) is 0 Å². The molecule has 2 rings (SSSR count). The number of hydrogen-bond donors (Lipinski definition) is 2. The van der Waals surface area contributed by atoms with E-state index in [2.05, 4.69) is 5.32 Å². The molecule has 1 heterocycles. The molecule has 1 fully saturated rings. The van der Waals surface area contributed by atoms with E-state index in [1.165, 1.54) is 0 Å². The quantitative estimate of drug-likeness (QED) is 0.895. The predicted molar refractivity (Wildman–Crippen MR) is 85.0 cm³/mol. The number of carboxylic acids is 1. The lowest BCUT2D eigenvalue weighted by molar-refractivity contribution is -0.116. The molecule has 0 radical (unpaired) electrons. The van der Waals surface area contributed by atoms with Crippen molar-refractivity contribution in [2.24, 2.45) is 0 Å². The number of hydrogen-bond acceptors (Lipinski definition) is 4. The molecule has 1 atom stereocenters. The SMILES string of the molecule is Cc1ccc(NC(=O)CC2CSCCS2)c(C(=O)O)c1. The van der Waals surface area contributed by atoms with Crippen molar-refractivity contribution in [3.63, 3.8) is 0 Å². The lowest BCUT2D eigenvalue weighted by atomic mass is 10.1. The number of carbonyl (C=O) groups is 2. The first-order valence-electron chi connectivity index (χ1n) is 6.39. The van der Waals surface area contributed by atoms with E-state index in [0.29, 0.717) is 17.4 Å². The molecule has 1 amide bonds. The zero-order valence-corrected chi connectivity index (χ0v) is 12.9. The Morgan fingerprint density at radius 3 is 2.85 bits per heavy atom. The van der Waals surface area contributed by atoms with E-state index in [1.54, 1.807) is 18.2 Å². The van der Waals surface area contributed by atoms with Crippen LogP contribution in [0.25, 0.3) is 0 Å². The van der Waals surface area contributed by atoms with E-state index >= 15 is 0 Å². The van der Waals surface area contributed by atoms with Crippen molar-refractivity contribution in [3.05, 3.63) is 29.3 Å². The maximum absolute atomic E-state index is 12.0. The molecule has 108 valence electrons. The Morgan fingerprint density at radius 1 is 1.40 bits per heavy atom. The largest absolute Gasteiger partial charge is 0.478 e. The Labute approximate surface area is 126 Å². The van der Waals surface area contributed by atoms with Gasteiger partial charge in [-0.3, -0.25) is 4.79 Å². The third-order valence-electron chi connectivity index (χ3n) is 2.98. The molecular weight excluding hydrogens is 294 g/mol. The van der Waals surface area contributed by atoms with Crippen molar-refractivity contribution < 1.29 is 14.7 Å². The zero-order valence-electron chi connectivity index (χ0n) is 11.2. The van der Waals surface area contributed by atoms with Crippen LogP contribution in [0.3, 0.4) is 0 Å². The van der Waals surface area contributed by atoms with Crippen molar-refractivity contribution in [2.75, 3.05) is 22.6 Å². The van der Waals surface area contributed by atoms with Gasteiger partial charge in [-0.1, -0.05) is 11.6 Å². The second-order valence-electron chi connectivity index (χ2n) is 4.67. The number of carbonyl (C=O) groups excluding carboxylic acids is 1. The van der Waals surface area contributed by atoms with E-state index in [9.17, 15) is 9.59 Å². The number of thioether (sulfide) groups is 2. The number of rotatable bonds is 4. The van der Waals surface area contributed by atoms with Crippen LogP contribution in [-0.2, 0) is 4.79 Å². The van der Waals surface area contributed by atoms with Gasteiger partial charge < -0.3 is 10.4 Å². The summed E-state index contributed by atoms with van der Waals surface area (Å²) in [6, 6.07) is 5.02. The summed E-state index contributed by atoms with van der Waals surface area (Å²) in [5, 5.41) is 12.2. The molecule has 0 aromatic heterocycles. The van der Waals surface area contributed by atoms with Crippen LogP contribution in [0, 0.1) is 6.92 Å². The highest BCUT2D eigenvalue weighted by Crippen LogP contribution is 2.27. The fourth-order valence-corrected chi connectivity index (χ4v) is 4.69. The number of anilines is 1. The Hall–Kier alpha value is -1.14. The molecule has 1 aliphatic heterocycles. The van der Waals surface area contributed by atoms with Gasteiger partial charge >= 0.3 is 5.97 Å². The minimum atomic E-state index is -1.02. The van der Waals surface area contributed by atoms with Gasteiger partial charge in [0.2, 0.25) is 5.91 Å². The highest BCUT2D eigenvalue weighted by Gasteiger charge is 2.19. The fourth-order valence-electron chi connectivity index (χ4n) is 2.01. The molecule has 0 spiro atoms. The highest BCUT2D eigenvalue weighted by atomic mass is 32.2. The molecular formula is C14H17NO3S2. The van der Waals surface area contributed by atoms with Crippen LogP contribution in [0.1, 0.15) is 22.3 Å². The summed E-state index contributed by atoms with van der Waals surface area (Å²) in [7, 11) is 0. The Balaban J connectivity index is 2.01. The second kappa shape index (κ2) is 7.04. The highest BCUT2D eigenvalue weighted by molar-refractivity contribution is 8.06. The summed E-state index contributed by atoms with van der Waals surface area (Å²) in [5.74, 6) is 2.07. The van der Waals surface area contributed by atoms with E-state index < -0.39 is 5.97 Å². The predicted octanol–water partition coefficient (Wildman–Crippen LogP) is 2.87. The van der Waals surface area contributed by atoms with Gasteiger partial charge in [-0.15, -0.1) is 0 Å². The molecule has 0 saturated carbocycles. The molecule has 4 nitrogen and oxygen atoms in total. The molecule has 6 heteroatoms. The van der Waals surface area contributed by atoms with Gasteiger partial charge in [-0.05, 0) is 19.1 Å². The number of nitrogens with one attached hydrogen (secondary N) is 1. The summed E-state index contributed by atoms with van der Waals surface area (Å²) in [6.07, 6.45) is 0.435. The van der Waals surface area contributed by atoms with E-state index in [-0.39, 0.29) is 11.5 Å². The number of carboxylic acid groups (broad SMARTS) is 1. The third-order valence-corrected chi connectivity index (χ3v) is 5.82. The molecule has 1 aliphatic rings. The van der Waals surface area contributed by atoms with Crippen LogP contribution in [0.5, 0.6) is 0 Å². The average molecular weight is 311 g/mol. The zero-order chi connectivity index (χ0) is 14.5. The first-order valence-corrected chi connectivity index (χ1v) is 8.60. The van der Waals surface area contributed by atoms with Crippen molar-refractivity contribution in [2.45, 2.75) is 18.6 Å². The van der Waals surface area contributed by atoms with E-state index in [0.717, 1.165) is 22.8 Å². The maximum Gasteiger partial charge on any atom is 0.337 e. The summed E-state index contributed by atoms with van der Waals surface area (Å²) in [4.78, 5) is 23.2. The first kappa shape index (κ1) is 15.3. The van der Waals surface area contributed by atoms with Gasteiger partial charge in [0.1, 0.15) is 0 Å². The number of aromatic carboxylic acids is 1. The minimum Gasteiger partial charge on any atom is -0.478 e. The van der Waals surface area contributed by atoms with Crippen molar-refractivity contribution >= 4 is 41.1 Å². The first-order chi connectivity index (χ1) is 9.56. The molecule has 1 aromatic rings. The van der Waals surface area contributed by atoms with Crippen molar-refractivity contribution in [3.8, 4) is 0 Å². The number of aryl methyl sites for hydroxylation is 1. The van der Waals surface area contributed by atoms with E-state index in [1.807, 2.05) is 30.4 Å².